The predicted octanol–water partition coefficient (Wildman–Crippen LogP) is 2.19. The van der Waals surface area contributed by atoms with Crippen LogP contribution in [0.4, 0.5) is 5.13 Å². The molecule has 2 aromatic rings. The van der Waals surface area contributed by atoms with Gasteiger partial charge in [0.25, 0.3) is 0 Å². The lowest BCUT2D eigenvalue weighted by atomic mass is 10.0. The maximum absolute atomic E-state index is 12.0. The molecule has 1 amide bonds. The lowest BCUT2D eigenvalue weighted by Gasteiger charge is -2.42. The van der Waals surface area contributed by atoms with Crippen LogP contribution in [0, 0.1) is 6.92 Å². The fourth-order valence-electron chi connectivity index (χ4n) is 3.17. The number of carbonyl (C=O) groups is 1. The Morgan fingerprint density at radius 3 is 2.65 bits per heavy atom. The number of primary amides is 1. The molecule has 0 unspecified atom stereocenters. The summed E-state index contributed by atoms with van der Waals surface area (Å²) < 4.78 is 0. The number of amides is 1. The zero-order valence-corrected chi connectivity index (χ0v) is 14.3. The van der Waals surface area contributed by atoms with E-state index < -0.39 is 0 Å². The fourth-order valence-corrected chi connectivity index (χ4v) is 4.10. The van der Waals surface area contributed by atoms with Crippen molar-refractivity contribution in [1.29, 1.82) is 0 Å². The Morgan fingerprint density at radius 2 is 2.09 bits per heavy atom. The number of carbonyl (C=O) groups excluding carboxylic acids is 1. The van der Waals surface area contributed by atoms with E-state index in [1.807, 2.05) is 37.3 Å². The summed E-state index contributed by atoms with van der Waals surface area (Å²) >= 11 is 1.68. The van der Waals surface area contributed by atoms with E-state index in [-0.39, 0.29) is 11.9 Å². The smallest absolute Gasteiger partial charge is 0.239 e. The minimum Gasteiger partial charge on any atom is -0.368 e. The number of nitrogens with zero attached hydrogens (tertiary/aromatic N) is 3. The van der Waals surface area contributed by atoms with Gasteiger partial charge in [0.05, 0.1) is 5.69 Å². The second-order valence-corrected chi connectivity index (χ2v) is 6.86. The zero-order valence-electron chi connectivity index (χ0n) is 13.5. The van der Waals surface area contributed by atoms with Crippen LogP contribution in [0.2, 0.25) is 0 Å². The maximum Gasteiger partial charge on any atom is 0.239 e. The molecule has 0 saturated carbocycles. The third-order valence-electron chi connectivity index (χ3n) is 4.26. The zero-order chi connectivity index (χ0) is 16.4. The van der Waals surface area contributed by atoms with Crippen LogP contribution in [-0.2, 0) is 4.79 Å². The first-order valence-electron chi connectivity index (χ1n) is 7.83. The van der Waals surface area contributed by atoms with Crippen molar-refractivity contribution in [3.63, 3.8) is 0 Å². The largest absolute Gasteiger partial charge is 0.368 e. The average molecular weight is 330 g/mol. The van der Waals surface area contributed by atoms with Gasteiger partial charge in [-0.1, -0.05) is 30.3 Å². The molecule has 2 heterocycles. The molecule has 23 heavy (non-hydrogen) atoms. The van der Waals surface area contributed by atoms with E-state index in [9.17, 15) is 4.79 Å². The van der Waals surface area contributed by atoms with Crippen LogP contribution in [0.1, 0.15) is 24.2 Å². The third kappa shape index (κ3) is 3.38. The number of hydrogen-bond acceptors (Lipinski definition) is 5. The van der Waals surface area contributed by atoms with Crippen LogP contribution < -0.4 is 10.6 Å². The van der Waals surface area contributed by atoms with Crippen molar-refractivity contribution >= 4 is 22.4 Å². The van der Waals surface area contributed by atoms with Gasteiger partial charge in [-0.05, 0) is 19.4 Å². The maximum atomic E-state index is 12.0. The van der Waals surface area contributed by atoms with E-state index >= 15 is 0 Å². The van der Waals surface area contributed by atoms with Crippen LogP contribution in [-0.4, -0.2) is 41.5 Å². The third-order valence-corrected chi connectivity index (χ3v) is 5.26. The quantitative estimate of drug-likeness (QED) is 0.933. The number of aromatic nitrogens is 1. The van der Waals surface area contributed by atoms with Crippen LogP contribution in [0.5, 0.6) is 0 Å². The summed E-state index contributed by atoms with van der Waals surface area (Å²) in [6.45, 7) is 6.63. The van der Waals surface area contributed by atoms with Crippen molar-refractivity contribution < 1.29 is 4.79 Å². The molecule has 1 aromatic heterocycles. The highest BCUT2D eigenvalue weighted by atomic mass is 32.1. The summed E-state index contributed by atoms with van der Waals surface area (Å²) in [6.07, 6.45) is 0. The van der Waals surface area contributed by atoms with Crippen molar-refractivity contribution in [2.75, 3.05) is 24.5 Å². The molecule has 0 radical (unpaired) electrons. The number of anilines is 1. The van der Waals surface area contributed by atoms with Gasteiger partial charge >= 0.3 is 0 Å². The topological polar surface area (TPSA) is 62.5 Å². The molecule has 1 aliphatic rings. The predicted molar refractivity (Wildman–Crippen MR) is 93.6 cm³/mol. The van der Waals surface area contributed by atoms with Gasteiger partial charge in [0, 0.05) is 31.1 Å². The molecule has 0 bridgehead atoms. The molecule has 1 aliphatic heterocycles. The second-order valence-electron chi connectivity index (χ2n) is 6.02. The van der Waals surface area contributed by atoms with Gasteiger partial charge in [0.15, 0.2) is 5.13 Å². The number of piperazine rings is 1. The second kappa shape index (κ2) is 6.68. The molecule has 122 valence electrons. The standard InChI is InChI=1S/C17H22N4OS/c1-12-11-23-17(19-12)21-9-8-20(10-13(21)2)15(16(18)22)14-6-4-3-5-7-14/h3-7,11,13,15H,8-10H2,1-2H3,(H2,18,22)/t13-,15-/m0/s1. The highest BCUT2D eigenvalue weighted by molar-refractivity contribution is 7.13. The Kier molecular flexibility index (Phi) is 4.63. The Morgan fingerprint density at radius 1 is 1.35 bits per heavy atom. The summed E-state index contributed by atoms with van der Waals surface area (Å²) in [7, 11) is 0. The molecular formula is C17H22N4OS. The number of nitrogens with two attached hydrogens (primary N) is 1. The molecule has 2 N–H and O–H groups in total. The van der Waals surface area contributed by atoms with Crippen molar-refractivity contribution in [2.24, 2.45) is 5.73 Å². The molecule has 0 spiro atoms. The highest BCUT2D eigenvalue weighted by Crippen LogP contribution is 2.28. The van der Waals surface area contributed by atoms with Crippen molar-refractivity contribution in [2.45, 2.75) is 25.9 Å². The Balaban J connectivity index is 1.76. The number of aryl methyl sites for hydroxylation is 1. The summed E-state index contributed by atoms with van der Waals surface area (Å²) in [5.41, 5.74) is 7.71. The lowest BCUT2D eigenvalue weighted by molar-refractivity contribution is -0.123. The van der Waals surface area contributed by atoms with Gasteiger partial charge in [-0.25, -0.2) is 4.98 Å². The monoisotopic (exact) mass is 330 g/mol. The van der Waals surface area contributed by atoms with E-state index in [2.05, 4.69) is 27.1 Å². The van der Waals surface area contributed by atoms with Crippen LogP contribution in [0.15, 0.2) is 35.7 Å². The fraction of sp³-hybridized carbons (Fsp3) is 0.412. The van der Waals surface area contributed by atoms with E-state index in [1.165, 1.54) is 0 Å². The van der Waals surface area contributed by atoms with E-state index in [0.29, 0.717) is 6.04 Å². The molecule has 2 atom stereocenters. The van der Waals surface area contributed by atoms with Crippen molar-refractivity contribution in [1.82, 2.24) is 9.88 Å². The number of benzene rings is 1. The Bertz CT molecular complexity index is 672. The number of rotatable bonds is 4. The Labute approximate surface area is 140 Å². The van der Waals surface area contributed by atoms with Crippen molar-refractivity contribution in [3.05, 3.63) is 47.0 Å². The van der Waals surface area contributed by atoms with Gasteiger partial charge in [0.2, 0.25) is 5.91 Å². The van der Waals surface area contributed by atoms with Gasteiger partial charge < -0.3 is 10.6 Å². The summed E-state index contributed by atoms with van der Waals surface area (Å²) in [5.74, 6) is -0.290. The minimum atomic E-state index is -0.362. The van der Waals surface area contributed by atoms with Crippen LogP contribution in [0.3, 0.4) is 0 Å². The van der Waals surface area contributed by atoms with Gasteiger partial charge in [-0.3, -0.25) is 9.69 Å². The molecular weight excluding hydrogens is 308 g/mol. The Hall–Kier alpha value is -1.92. The van der Waals surface area contributed by atoms with Crippen molar-refractivity contribution in [3.8, 4) is 0 Å². The molecule has 3 rings (SSSR count). The summed E-state index contributed by atoms with van der Waals surface area (Å²) in [5, 5.41) is 3.13. The van der Waals surface area contributed by atoms with Gasteiger partial charge in [-0.15, -0.1) is 11.3 Å². The molecule has 1 fully saturated rings. The van der Waals surface area contributed by atoms with Gasteiger partial charge in [-0.2, -0.15) is 0 Å². The van der Waals surface area contributed by atoms with Crippen LogP contribution >= 0.6 is 11.3 Å². The van der Waals surface area contributed by atoms with E-state index in [0.717, 1.165) is 36.0 Å². The van der Waals surface area contributed by atoms with E-state index in [4.69, 9.17) is 5.73 Å². The van der Waals surface area contributed by atoms with E-state index in [1.54, 1.807) is 11.3 Å². The summed E-state index contributed by atoms with van der Waals surface area (Å²) in [4.78, 5) is 21.1. The first kappa shape index (κ1) is 16.0. The molecule has 6 heteroatoms. The molecule has 1 aromatic carbocycles. The number of thiazole rings is 1. The summed E-state index contributed by atoms with van der Waals surface area (Å²) in [6, 6.07) is 9.71. The normalized spacial score (nSPS) is 20.4. The first-order valence-corrected chi connectivity index (χ1v) is 8.71. The SMILES string of the molecule is Cc1csc(N2CCN([C@H](C(N)=O)c3ccccc3)C[C@@H]2C)n1. The average Bonchev–Trinajstić information content (AvgIpc) is 2.94. The van der Waals surface area contributed by atoms with Gasteiger partial charge in [0.1, 0.15) is 6.04 Å². The molecule has 1 saturated heterocycles. The highest BCUT2D eigenvalue weighted by Gasteiger charge is 2.32. The first-order chi connectivity index (χ1) is 11.1. The molecule has 0 aliphatic carbocycles. The minimum absolute atomic E-state index is 0.290. The number of hydrogen-bond donors (Lipinski definition) is 1. The van der Waals surface area contributed by atoms with Crippen LogP contribution in [0.25, 0.3) is 0 Å². The lowest BCUT2D eigenvalue weighted by Crippen LogP contribution is -2.54. The molecule has 5 nitrogen and oxygen atoms in total.